The van der Waals surface area contributed by atoms with Crippen LogP contribution >= 0.6 is 0 Å². The Morgan fingerprint density at radius 3 is 2.90 bits per heavy atom. The van der Waals surface area contributed by atoms with Gasteiger partial charge < -0.3 is 19.9 Å². The van der Waals surface area contributed by atoms with E-state index in [4.69, 9.17) is 4.74 Å². The van der Waals surface area contributed by atoms with E-state index < -0.39 is 11.8 Å². The molecule has 1 amide bonds. The number of H-pyrrole nitrogens is 1. The number of halogens is 1. The number of fused-ring (bicyclic) bond motifs is 1. The van der Waals surface area contributed by atoms with E-state index in [1.807, 2.05) is 24.4 Å². The number of allylic oxidation sites excluding steroid dienone is 2. The van der Waals surface area contributed by atoms with Gasteiger partial charge in [-0.15, -0.1) is 0 Å². The number of aromatic nitrogens is 1. The predicted molar refractivity (Wildman–Crippen MR) is 113 cm³/mol. The van der Waals surface area contributed by atoms with E-state index in [0.29, 0.717) is 45.9 Å². The smallest absolute Gasteiger partial charge is 0.340 e. The second kappa shape index (κ2) is 8.02. The second-order valence-electron chi connectivity index (χ2n) is 7.27. The van der Waals surface area contributed by atoms with E-state index in [9.17, 15) is 14.0 Å². The zero-order valence-electron chi connectivity index (χ0n) is 16.8. The van der Waals surface area contributed by atoms with Crippen LogP contribution in [0.15, 0.2) is 42.6 Å². The van der Waals surface area contributed by atoms with Gasteiger partial charge in [-0.1, -0.05) is 12.2 Å². The molecular weight excluding hydrogens is 385 g/mol. The summed E-state index contributed by atoms with van der Waals surface area (Å²) in [4.78, 5) is 30.2. The summed E-state index contributed by atoms with van der Waals surface area (Å²) in [6.45, 7) is 5.25. The molecule has 0 radical (unpaired) electrons. The minimum Gasteiger partial charge on any atom is -0.460 e. The summed E-state index contributed by atoms with van der Waals surface area (Å²) < 4.78 is 19.1. The van der Waals surface area contributed by atoms with Crippen LogP contribution in [0.5, 0.6) is 0 Å². The Labute approximate surface area is 173 Å². The number of hydrogen-bond acceptors (Lipinski definition) is 4. The zero-order chi connectivity index (χ0) is 21.3. The highest BCUT2D eigenvalue weighted by Crippen LogP contribution is 2.34. The molecule has 0 fully saturated rings. The van der Waals surface area contributed by atoms with Crippen LogP contribution in [0.1, 0.15) is 32.9 Å². The van der Waals surface area contributed by atoms with Gasteiger partial charge in [-0.05, 0) is 56.0 Å². The molecule has 4 rings (SSSR count). The molecule has 2 N–H and O–H groups in total. The lowest BCUT2D eigenvalue weighted by molar-refractivity contribution is -0.110. The average molecular weight is 407 g/mol. The number of hydrogen-bond donors (Lipinski definition) is 2. The van der Waals surface area contributed by atoms with Gasteiger partial charge in [-0.25, -0.2) is 9.18 Å². The molecule has 0 spiro atoms. The minimum atomic E-state index is -0.418. The van der Waals surface area contributed by atoms with Crippen LogP contribution in [0.4, 0.5) is 10.1 Å². The Kier molecular flexibility index (Phi) is 5.27. The molecule has 2 aromatic rings. The number of aromatic amines is 1. The Morgan fingerprint density at radius 2 is 2.13 bits per heavy atom. The number of amides is 1. The lowest BCUT2D eigenvalue weighted by Crippen LogP contribution is -2.24. The van der Waals surface area contributed by atoms with E-state index in [-0.39, 0.29) is 12.5 Å². The molecule has 2 aliphatic heterocycles. The van der Waals surface area contributed by atoms with E-state index in [2.05, 4.69) is 15.2 Å². The van der Waals surface area contributed by atoms with Gasteiger partial charge in [0, 0.05) is 29.2 Å². The van der Waals surface area contributed by atoms with Crippen molar-refractivity contribution in [3.63, 3.8) is 0 Å². The summed E-state index contributed by atoms with van der Waals surface area (Å²) in [6, 6.07) is 4.16. The van der Waals surface area contributed by atoms with Gasteiger partial charge in [0.1, 0.15) is 12.4 Å². The number of carbonyl (C=O) groups is 2. The fraction of sp³-hybridized carbons (Fsp3) is 0.217. The van der Waals surface area contributed by atoms with Crippen LogP contribution in [-0.4, -0.2) is 41.5 Å². The van der Waals surface area contributed by atoms with Crippen molar-refractivity contribution in [2.75, 3.05) is 25.0 Å². The van der Waals surface area contributed by atoms with Crippen LogP contribution in [0.25, 0.3) is 11.6 Å². The van der Waals surface area contributed by atoms with Gasteiger partial charge in [0.2, 0.25) is 0 Å². The molecule has 0 bridgehead atoms. The van der Waals surface area contributed by atoms with Crippen molar-refractivity contribution in [3.05, 3.63) is 76.5 Å². The molecule has 0 saturated heterocycles. The highest BCUT2D eigenvalue weighted by molar-refractivity contribution is 6.34. The number of anilines is 1. The van der Waals surface area contributed by atoms with Crippen molar-refractivity contribution in [2.45, 2.75) is 13.8 Å². The number of ether oxygens (including phenoxy) is 1. The van der Waals surface area contributed by atoms with E-state index >= 15 is 0 Å². The standard InChI is InChI=1S/C23H22FN3O3/c1-14-20(13-18-17-12-16(24)6-7-19(17)26-22(18)28)25-15(2)21(14)23(29)30-11-10-27-8-4-3-5-9-27/h3-8,12-13,25H,9-11H2,1-2H3,(H,26,28)/b18-13-. The van der Waals surface area contributed by atoms with Gasteiger partial charge in [-0.3, -0.25) is 4.79 Å². The molecule has 0 unspecified atom stereocenters. The topological polar surface area (TPSA) is 74.4 Å². The summed E-state index contributed by atoms with van der Waals surface area (Å²) >= 11 is 0. The average Bonchev–Trinajstić information content (AvgIpc) is 3.18. The number of nitrogens with one attached hydrogen (secondary N) is 2. The van der Waals surface area contributed by atoms with Crippen molar-refractivity contribution in [3.8, 4) is 0 Å². The van der Waals surface area contributed by atoms with E-state index in [1.165, 1.54) is 18.2 Å². The number of carbonyl (C=O) groups excluding carboxylic acids is 2. The molecule has 2 aliphatic rings. The SMILES string of the molecule is Cc1[nH]c(/C=C2\C(=O)Nc3ccc(F)cc32)c(C)c1C(=O)OCCN1C=CC=CC1. The lowest BCUT2D eigenvalue weighted by atomic mass is 10.0. The summed E-state index contributed by atoms with van der Waals surface area (Å²) in [7, 11) is 0. The Bertz CT molecular complexity index is 1110. The maximum absolute atomic E-state index is 13.7. The summed E-state index contributed by atoms with van der Waals surface area (Å²) in [5, 5.41) is 2.72. The van der Waals surface area contributed by atoms with Gasteiger partial charge in [0.25, 0.3) is 5.91 Å². The fourth-order valence-electron chi connectivity index (χ4n) is 3.67. The Morgan fingerprint density at radius 1 is 1.30 bits per heavy atom. The Balaban J connectivity index is 1.53. The number of benzene rings is 1. The molecule has 7 heteroatoms. The van der Waals surface area contributed by atoms with Crippen LogP contribution in [0.2, 0.25) is 0 Å². The van der Waals surface area contributed by atoms with Crippen molar-refractivity contribution < 1.29 is 18.7 Å². The first kappa shape index (κ1) is 19.7. The molecule has 6 nitrogen and oxygen atoms in total. The maximum Gasteiger partial charge on any atom is 0.340 e. The fourth-order valence-corrected chi connectivity index (χ4v) is 3.67. The molecule has 3 heterocycles. The van der Waals surface area contributed by atoms with Gasteiger partial charge in [-0.2, -0.15) is 0 Å². The van der Waals surface area contributed by atoms with Crippen molar-refractivity contribution in [1.82, 2.24) is 9.88 Å². The van der Waals surface area contributed by atoms with Crippen LogP contribution in [0.3, 0.4) is 0 Å². The Hall–Kier alpha value is -3.61. The first-order chi connectivity index (χ1) is 14.4. The lowest BCUT2D eigenvalue weighted by Gasteiger charge is -2.20. The van der Waals surface area contributed by atoms with Crippen LogP contribution in [0, 0.1) is 19.7 Å². The van der Waals surface area contributed by atoms with Crippen LogP contribution < -0.4 is 5.32 Å². The zero-order valence-corrected chi connectivity index (χ0v) is 16.8. The summed E-state index contributed by atoms with van der Waals surface area (Å²) in [5.41, 5.74) is 3.82. The normalized spacial score (nSPS) is 16.2. The minimum absolute atomic E-state index is 0.270. The molecule has 154 valence electrons. The monoisotopic (exact) mass is 407 g/mol. The number of esters is 1. The summed E-state index contributed by atoms with van der Waals surface area (Å²) in [6.07, 6.45) is 9.55. The van der Waals surface area contributed by atoms with Crippen molar-refractivity contribution in [2.24, 2.45) is 0 Å². The first-order valence-electron chi connectivity index (χ1n) is 9.70. The molecular formula is C23H22FN3O3. The highest BCUT2D eigenvalue weighted by atomic mass is 19.1. The van der Waals surface area contributed by atoms with Crippen molar-refractivity contribution in [1.29, 1.82) is 0 Å². The third kappa shape index (κ3) is 3.78. The highest BCUT2D eigenvalue weighted by Gasteiger charge is 2.26. The third-order valence-corrected chi connectivity index (χ3v) is 5.23. The quantitative estimate of drug-likeness (QED) is 0.584. The third-order valence-electron chi connectivity index (χ3n) is 5.23. The van der Waals surface area contributed by atoms with Gasteiger partial charge in [0.15, 0.2) is 0 Å². The van der Waals surface area contributed by atoms with Gasteiger partial charge in [0.05, 0.1) is 17.7 Å². The van der Waals surface area contributed by atoms with Crippen molar-refractivity contribution >= 4 is 29.2 Å². The number of aryl methyl sites for hydroxylation is 1. The second-order valence-corrected chi connectivity index (χ2v) is 7.27. The molecule has 0 saturated carbocycles. The van der Waals surface area contributed by atoms with E-state index in [1.54, 1.807) is 19.9 Å². The largest absolute Gasteiger partial charge is 0.460 e. The maximum atomic E-state index is 13.7. The van der Waals surface area contributed by atoms with Crippen LogP contribution in [-0.2, 0) is 9.53 Å². The summed E-state index contributed by atoms with van der Waals surface area (Å²) in [5.74, 6) is -1.14. The van der Waals surface area contributed by atoms with E-state index in [0.717, 1.165) is 6.54 Å². The molecule has 1 aromatic carbocycles. The molecule has 30 heavy (non-hydrogen) atoms. The molecule has 1 aromatic heterocycles. The molecule has 0 atom stereocenters. The predicted octanol–water partition coefficient (Wildman–Crippen LogP) is 3.81. The van der Waals surface area contributed by atoms with Gasteiger partial charge >= 0.3 is 5.97 Å². The number of rotatable bonds is 5. The first-order valence-corrected chi connectivity index (χ1v) is 9.70. The number of nitrogens with zero attached hydrogens (tertiary/aromatic N) is 1. The molecule has 0 aliphatic carbocycles.